The van der Waals surface area contributed by atoms with E-state index >= 15 is 0 Å². The van der Waals surface area contributed by atoms with Gasteiger partial charge in [-0.2, -0.15) is 0 Å². The van der Waals surface area contributed by atoms with Crippen LogP contribution in [-0.4, -0.2) is 6.54 Å². The molecule has 20 heavy (non-hydrogen) atoms. The average molecular weight is 401 g/mol. The van der Waals surface area contributed by atoms with E-state index in [9.17, 15) is 4.39 Å². The number of nitrogens with two attached hydrogens (primary N) is 1. The van der Waals surface area contributed by atoms with Gasteiger partial charge in [0, 0.05) is 8.95 Å². The normalized spacial score (nSPS) is 12.4. The molecule has 0 saturated heterocycles. The van der Waals surface area contributed by atoms with Crippen LogP contribution in [0.15, 0.2) is 51.4 Å². The predicted molar refractivity (Wildman–Crippen MR) is 88.2 cm³/mol. The highest BCUT2D eigenvalue weighted by Crippen LogP contribution is 2.20. The lowest BCUT2D eigenvalue weighted by Gasteiger charge is -2.15. The van der Waals surface area contributed by atoms with Crippen LogP contribution in [0.4, 0.5) is 4.39 Å². The van der Waals surface area contributed by atoms with Crippen molar-refractivity contribution in [3.8, 4) is 0 Å². The van der Waals surface area contributed by atoms with Crippen molar-refractivity contribution in [3.63, 3.8) is 0 Å². The van der Waals surface area contributed by atoms with Crippen LogP contribution >= 0.6 is 31.9 Å². The van der Waals surface area contributed by atoms with E-state index in [1.807, 2.05) is 18.2 Å². The van der Waals surface area contributed by atoms with Crippen LogP contribution in [0.1, 0.15) is 11.1 Å². The zero-order valence-electron chi connectivity index (χ0n) is 11.0. The van der Waals surface area contributed by atoms with Crippen molar-refractivity contribution < 1.29 is 4.39 Å². The molecule has 0 aliphatic rings. The van der Waals surface area contributed by atoms with Gasteiger partial charge in [-0.05, 0) is 66.8 Å². The van der Waals surface area contributed by atoms with E-state index in [4.69, 9.17) is 5.73 Å². The van der Waals surface area contributed by atoms with E-state index in [1.54, 1.807) is 6.07 Å². The van der Waals surface area contributed by atoms with E-state index in [0.29, 0.717) is 12.5 Å². The van der Waals surface area contributed by atoms with Gasteiger partial charge in [-0.1, -0.05) is 44.0 Å². The Hall–Kier alpha value is -0.710. The highest BCUT2D eigenvalue weighted by atomic mass is 79.9. The Morgan fingerprint density at radius 3 is 2.15 bits per heavy atom. The Bertz CT molecular complexity index is 549. The van der Waals surface area contributed by atoms with Crippen LogP contribution in [0, 0.1) is 11.7 Å². The topological polar surface area (TPSA) is 26.0 Å². The third-order valence-electron chi connectivity index (χ3n) is 3.22. The molecule has 0 spiro atoms. The van der Waals surface area contributed by atoms with Gasteiger partial charge in [0.15, 0.2) is 0 Å². The lowest BCUT2D eigenvalue weighted by atomic mass is 9.92. The Morgan fingerprint density at radius 2 is 1.55 bits per heavy atom. The highest BCUT2D eigenvalue weighted by Gasteiger charge is 2.10. The molecule has 0 saturated carbocycles. The van der Waals surface area contributed by atoms with Crippen molar-refractivity contribution in [1.82, 2.24) is 0 Å². The van der Waals surface area contributed by atoms with E-state index in [2.05, 4.69) is 44.0 Å². The molecule has 1 atom stereocenters. The minimum absolute atomic E-state index is 0.214. The third kappa shape index (κ3) is 4.69. The lowest BCUT2D eigenvalue weighted by Crippen LogP contribution is -2.19. The smallest absolute Gasteiger partial charge is 0.124 e. The van der Waals surface area contributed by atoms with Crippen LogP contribution in [0.2, 0.25) is 0 Å². The van der Waals surface area contributed by atoms with Gasteiger partial charge in [-0.15, -0.1) is 0 Å². The van der Waals surface area contributed by atoms with E-state index in [-0.39, 0.29) is 5.82 Å². The van der Waals surface area contributed by atoms with Crippen LogP contribution in [0.25, 0.3) is 0 Å². The maximum absolute atomic E-state index is 13.4. The van der Waals surface area contributed by atoms with Gasteiger partial charge in [0.2, 0.25) is 0 Å². The molecular formula is C16H16Br2FN. The first-order valence-electron chi connectivity index (χ1n) is 6.46. The Balaban J connectivity index is 2.06. The monoisotopic (exact) mass is 399 g/mol. The fraction of sp³-hybridized carbons (Fsp3) is 0.250. The first-order chi connectivity index (χ1) is 9.56. The fourth-order valence-corrected chi connectivity index (χ4v) is 3.03. The molecule has 0 radical (unpaired) electrons. The summed E-state index contributed by atoms with van der Waals surface area (Å²) in [6.07, 6.45) is 1.68. The molecule has 1 nitrogen and oxygen atoms in total. The zero-order chi connectivity index (χ0) is 14.5. The molecular weight excluding hydrogens is 385 g/mol. The quantitative estimate of drug-likeness (QED) is 0.772. The van der Waals surface area contributed by atoms with Crippen LogP contribution in [-0.2, 0) is 12.8 Å². The number of benzene rings is 2. The van der Waals surface area contributed by atoms with Gasteiger partial charge in [0.1, 0.15) is 5.82 Å². The summed E-state index contributed by atoms with van der Waals surface area (Å²) in [5, 5.41) is 0. The number of rotatable bonds is 5. The molecule has 2 aromatic carbocycles. The number of halogens is 3. The van der Waals surface area contributed by atoms with Crippen molar-refractivity contribution in [1.29, 1.82) is 0 Å². The van der Waals surface area contributed by atoms with E-state index in [1.165, 1.54) is 11.6 Å². The molecule has 4 heteroatoms. The molecule has 0 heterocycles. The molecule has 2 rings (SSSR count). The number of hydrogen-bond acceptors (Lipinski definition) is 1. The summed E-state index contributed by atoms with van der Waals surface area (Å²) in [6, 6.07) is 13.2. The standard InChI is InChI=1S/C16H16Br2FN/c17-14-3-1-11(2-4-14)5-13(10-20)6-12-7-15(18)9-16(19)8-12/h1-4,7-9,13H,5-6,10,20H2. The molecule has 0 bridgehead atoms. The van der Waals surface area contributed by atoms with Gasteiger partial charge in [0.25, 0.3) is 0 Å². The second-order valence-corrected chi connectivity index (χ2v) is 6.75. The van der Waals surface area contributed by atoms with Crippen molar-refractivity contribution in [2.45, 2.75) is 12.8 Å². The first kappa shape index (κ1) is 15.7. The minimum atomic E-state index is -0.214. The van der Waals surface area contributed by atoms with Crippen LogP contribution < -0.4 is 5.73 Å². The molecule has 0 fully saturated rings. The lowest BCUT2D eigenvalue weighted by molar-refractivity contribution is 0.530. The van der Waals surface area contributed by atoms with Crippen molar-refractivity contribution in [2.75, 3.05) is 6.54 Å². The molecule has 0 amide bonds. The molecule has 1 unspecified atom stereocenters. The van der Waals surface area contributed by atoms with Crippen molar-refractivity contribution in [3.05, 3.63) is 68.4 Å². The summed E-state index contributed by atoms with van der Waals surface area (Å²) < 4.78 is 15.2. The molecule has 0 aromatic heterocycles. The molecule has 0 aliphatic carbocycles. The van der Waals surface area contributed by atoms with Crippen molar-refractivity contribution in [2.24, 2.45) is 11.7 Å². The van der Waals surface area contributed by atoms with Gasteiger partial charge < -0.3 is 5.73 Å². The Morgan fingerprint density at radius 1 is 0.900 bits per heavy atom. The molecule has 106 valence electrons. The van der Waals surface area contributed by atoms with Crippen LogP contribution in [0.3, 0.4) is 0 Å². The number of hydrogen-bond donors (Lipinski definition) is 1. The molecule has 2 aromatic rings. The maximum atomic E-state index is 13.4. The zero-order valence-corrected chi connectivity index (χ0v) is 14.1. The van der Waals surface area contributed by atoms with Crippen molar-refractivity contribution >= 4 is 31.9 Å². The largest absolute Gasteiger partial charge is 0.330 e. The van der Waals surface area contributed by atoms with E-state index in [0.717, 1.165) is 27.4 Å². The highest BCUT2D eigenvalue weighted by molar-refractivity contribution is 9.10. The maximum Gasteiger partial charge on any atom is 0.124 e. The Labute approximate surface area is 135 Å². The Kier molecular flexibility index (Phi) is 5.75. The summed E-state index contributed by atoms with van der Waals surface area (Å²) in [7, 11) is 0. The second-order valence-electron chi connectivity index (χ2n) is 4.91. The van der Waals surface area contributed by atoms with Gasteiger partial charge in [-0.25, -0.2) is 4.39 Å². The predicted octanol–water partition coefficient (Wildman–Crippen LogP) is 4.71. The summed E-state index contributed by atoms with van der Waals surface area (Å²) in [5.74, 6) is 0.0960. The first-order valence-corrected chi connectivity index (χ1v) is 8.05. The summed E-state index contributed by atoms with van der Waals surface area (Å²) >= 11 is 6.75. The molecule has 2 N–H and O–H groups in total. The molecule has 0 aliphatic heterocycles. The average Bonchev–Trinajstić information content (AvgIpc) is 2.39. The summed E-state index contributed by atoms with van der Waals surface area (Å²) in [5.41, 5.74) is 8.09. The fourth-order valence-electron chi connectivity index (χ4n) is 2.25. The van der Waals surface area contributed by atoms with Gasteiger partial charge >= 0.3 is 0 Å². The van der Waals surface area contributed by atoms with E-state index < -0.39 is 0 Å². The SMILES string of the molecule is NCC(Cc1ccc(Br)cc1)Cc1cc(F)cc(Br)c1. The summed E-state index contributed by atoms with van der Waals surface area (Å²) in [4.78, 5) is 0. The third-order valence-corrected chi connectivity index (χ3v) is 4.20. The minimum Gasteiger partial charge on any atom is -0.330 e. The summed E-state index contributed by atoms with van der Waals surface area (Å²) in [6.45, 7) is 0.587. The van der Waals surface area contributed by atoms with Gasteiger partial charge in [-0.3, -0.25) is 0 Å². The van der Waals surface area contributed by atoms with Crippen LogP contribution in [0.5, 0.6) is 0 Å². The second kappa shape index (κ2) is 7.34. The van der Waals surface area contributed by atoms with Gasteiger partial charge in [0.05, 0.1) is 0 Å².